The van der Waals surface area contributed by atoms with E-state index in [0.717, 1.165) is 5.56 Å². The first kappa shape index (κ1) is 9.60. The van der Waals surface area contributed by atoms with Crippen LogP contribution in [0.2, 0.25) is 0 Å². The first-order chi connectivity index (χ1) is 5.41. The van der Waals surface area contributed by atoms with Crippen LogP contribution >= 0.6 is 9.24 Å². The van der Waals surface area contributed by atoms with Crippen molar-refractivity contribution >= 4 is 9.24 Å². The quantitative estimate of drug-likeness (QED) is 0.593. The van der Waals surface area contributed by atoms with Crippen molar-refractivity contribution in [2.75, 3.05) is 0 Å². The molecule has 1 aromatic rings. The van der Waals surface area contributed by atoms with E-state index in [1.54, 1.807) is 29.2 Å². The van der Waals surface area contributed by atoms with E-state index in [2.05, 4.69) is 0 Å². The fourth-order valence-electron chi connectivity index (χ4n) is 1.09. The van der Waals surface area contributed by atoms with Crippen LogP contribution < -0.4 is 0 Å². The Labute approximate surface area is 73.2 Å². The molecule has 0 spiro atoms. The normalized spacial score (nSPS) is 11.8. The minimum absolute atomic E-state index is 0.0903. The summed E-state index contributed by atoms with van der Waals surface area (Å²) in [7, 11) is 1.55. The van der Waals surface area contributed by atoms with Crippen molar-refractivity contribution in [3.63, 3.8) is 0 Å². The summed E-state index contributed by atoms with van der Waals surface area (Å²) >= 11 is 0. The van der Waals surface area contributed by atoms with Crippen LogP contribution in [-0.2, 0) is 5.66 Å². The zero-order chi connectivity index (χ0) is 9.35. The molecule has 66 valence electrons. The lowest BCUT2D eigenvalue weighted by Crippen LogP contribution is -2.05. The summed E-state index contributed by atoms with van der Waals surface area (Å²) in [5.74, 6) is 0. The average molecular weight is 188 g/mol. The Morgan fingerprint density at radius 2 is 1.83 bits per heavy atom. The summed E-state index contributed by atoms with van der Waals surface area (Å²) < 4.78 is 25.7. The summed E-state index contributed by atoms with van der Waals surface area (Å²) in [5.41, 5.74) is -1.23. The Balaban J connectivity index is 3.23. The van der Waals surface area contributed by atoms with Crippen molar-refractivity contribution in [1.82, 2.24) is 0 Å². The van der Waals surface area contributed by atoms with E-state index in [1.165, 1.54) is 6.07 Å². The van der Waals surface area contributed by atoms with Gasteiger partial charge in [-0.1, -0.05) is 26.9 Å². The number of hydrogen-bond donors (Lipinski definition) is 0. The third-order valence-corrected chi connectivity index (χ3v) is 2.06. The molecule has 0 heterocycles. The van der Waals surface area contributed by atoms with Gasteiger partial charge in [-0.05, 0) is 25.5 Å². The van der Waals surface area contributed by atoms with E-state index in [-0.39, 0.29) is 5.56 Å². The van der Waals surface area contributed by atoms with Gasteiger partial charge in [-0.25, -0.2) is 0 Å². The maximum absolute atomic E-state index is 12.9. The molecule has 1 aromatic carbocycles. The molecule has 0 N–H and O–H groups in total. The summed E-state index contributed by atoms with van der Waals surface area (Å²) in [5, 5.41) is 0. The second kappa shape index (κ2) is 3.10. The molecule has 0 aliphatic heterocycles. The lowest BCUT2D eigenvalue weighted by molar-refractivity contribution is 0.103. The van der Waals surface area contributed by atoms with E-state index in [0.29, 0.717) is 5.56 Å². The van der Waals surface area contributed by atoms with Gasteiger partial charge in [0.2, 0.25) is 0 Å². The summed E-state index contributed by atoms with van der Waals surface area (Å²) in [6.07, 6.45) is 0. The van der Waals surface area contributed by atoms with Crippen molar-refractivity contribution in [3.05, 3.63) is 34.9 Å². The lowest BCUT2D eigenvalue weighted by atomic mass is 10.1. The van der Waals surface area contributed by atoms with Crippen LogP contribution in [0.1, 0.15) is 16.7 Å². The minimum atomic E-state index is -2.81. The molecule has 0 amide bonds. The molecule has 1 unspecified atom stereocenters. The molecule has 1 atom stereocenters. The van der Waals surface area contributed by atoms with Crippen LogP contribution in [0.25, 0.3) is 0 Å². The van der Waals surface area contributed by atoms with Crippen LogP contribution in [0, 0.1) is 13.8 Å². The second-order valence-corrected chi connectivity index (χ2v) is 3.67. The number of rotatable bonds is 1. The topological polar surface area (TPSA) is 0 Å². The van der Waals surface area contributed by atoms with Crippen molar-refractivity contribution in [1.29, 1.82) is 0 Å². The average Bonchev–Trinajstić information content (AvgIpc) is 1.92. The molecule has 1 rings (SSSR count). The SMILES string of the molecule is Cc1ccc(C)c(C(F)(F)P)c1. The van der Waals surface area contributed by atoms with E-state index < -0.39 is 5.66 Å². The van der Waals surface area contributed by atoms with Crippen molar-refractivity contribution in [2.45, 2.75) is 19.5 Å². The zero-order valence-electron chi connectivity index (χ0n) is 7.07. The van der Waals surface area contributed by atoms with E-state index >= 15 is 0 Å². The van der Waals surface area contributed by atoms with Crippen LogP contribution in [0.5, 0.6) is 0 Å². The molecule has 0 saturated heterocycles. The molecular formula is C9H11F2P. The Bertz CT molecular complexity index is 289. The Hall–Kier alpha value is -0.490. The van der Waals surface area contributed by atoms with Gasteiger partial charge in [0, 0.05) is 5.56 Å². The third-order valence-electron chi connectivity index (χ3n) is 1.75. The van der Waals surface area contributed by atoms with Crippen LogP contribution in [0.3, 0.4) is 0 Å². The predicted molar refractivity (Wildman–Crippen MR) is 49.5 cm³/mol. The molecule has 0 bridgehead atoms. The van der Waals surface area contributed by atoms with E-state index in [9.17, 15) is 8.78 Å². The maximum atomic E-state index is 12.9. The molecule has 0 aliphatic rings. The second-order valence-electron chi connectivity index (χ2n) is 2.94. The highest BCUT2D eigenvalue weighted by Gasteiger charge is 2.26. The summed E-state index contributed by atoms with van der Waals surface area (Å²) in [6.45, 7) is 3.49. The van der Waals surface area contributed by atoms with Crippen molar-refractivity contribution in [2.24, 2.45) is 0 Å². The molecule has 0 radical (unpaired) electrons. The number of alkyl halides is 2. The van der Waals surface area contributed by atoms with Gasteiger partial charge in [-0.2, -0.15) is 8.78 Å². The van der Waals surface area contributed by atoms with Gasteiger partial charge in [-0.15, -0.1) is 0 Å². The monoisotopic (exact) mass is 188 g/mol. The number of hydrogen-bond acceptors (Lipinski definition) is 0. The largest absolute Gasteiger partial charge is 0.284 e. The zero-order valence-corrected chi connectivity index (χ0v) is 8.22. The summed E-state index contributed by atoms with van der Waals surface area (Å²) in [4.78, 5) is 0. The Kier molecular flexibility index (Phi) is 2.48. The Morgan fingerprint density at radius 1 is 1.25 bits per heavy atom. The molecule has 3 heteroatoms. The smallest absolute Gasteiger partial charge is 0.197 e. The maximum Gasteiger partial charge on any atom is 0.284 e. The van der Waals surface area contributed by atoms with Crippen molar-refractivity contribution < 1.29 is 8.78 Å². The van der Waals surface area contributed by atoms with Crippen molar-refractivity contribution in [3.8, 4) is 0 Å². The van der Waals surface area contributed by atoms with Gasteiger partial charge in [0.15, 0.2) is 0 Å². The standard InChI is InChI=1S/C9H11F2P/c1-6-3-4-7(2)8(5-6)9(10,11)12/h3-5H,12H2,1-2H3. The fraction of sp³-hybridized carbons (Fsp3) is 0.333. The highest BCUT2D eigenvalue weighted by Crippen LogP contribution is 2.36. The van der Waals surface area contributed by atoms with Crippen LogP contribution in [0.4, 0.5) is 8.78 Å². The molecule has 0 nitrogen and oxygen atoms in total. The highest BCUT2D eigenvalue weighted by atomic mass is 31.0. The molecule has 0 fully saturated rings. The molecular weight excluding hydrogens is 177 g/mol. The van der Waals surface area contributed by atoms with E-state index in [1.807, 2.05) is 6.07 Å². The highest BCUT2D eigenvalue weighted by molar-refractivity contribution is 7.17. The van der Waals surface area contributed by atoms with Gasteiger partial charge in [0.25, 0.3) is 5.66 Å². The molecule has 12 heavy (non-hydrogen) atoms. The van der Waals surface area contributed by atoms with Gasteiger partial charge in [-0.3, -0.25) is 0 Å². The van der Waals surface area contributed by atoms with Gasteiger partial charge < -0.3 is 0 Å². The number of aryl methyl sites for hydroxylation is 2. The first-order valence-corrected chi connectivity index (χ1v) is 4.23. The van der Waals surface area contributed by atoms with Gasteiger partial charge >= 0.3 is 0 Å². The first-order valence-electron chi connectivity index (χ1n) is 3.65. The Morgan fingerprint density at radius 3 is 2.25 bits per heavy atom. The van der Waals surface area contributed by atoms with E-state index in [4.69, 9.17) is 0 Å². The summed E-state index contributed by atoms with van der Waals surface area (Å²) in [6, 6.07) is 5.06. The predicted octanol–water partition coefficient (Wildman–Crippen LogP) is 3.23. The fourth-order valence-corrected chi connectivity index (χ4v) is 1.41. The molecule has 0 aromatic heterocycles. The van der Waals surface area contributed by atoms with Crippen LogP contribution in [-0.4, -0.2) is 0 Å². The van der Waals surface area contributed by atoms with Gasteiger partial charge in [0.1, 0.15) is 0 Å². The number of benzene rings is 1. The molecule has 0 saturated carbocycles. The third kappa shape index (κ3) is 2.01. The minimum Gasteiger partial charge on any atom is -0.197 e. The van der Waals surface area contributed by atoms with Crippen LogP contribution in [0.15, 0.2) is 18.2 Å². The number of halogens is 2. The lowest BCUT2D eigenvalue weighted by Gasteiger charge is -2.13. The van der Waals surface area contributed by atoms with Gasteiger partial charge in [0.05, 0.1) is 0 Å². The molecule has 0 aliphatic carbocycles.